The number of nitrogen functional groups attached to an aromatic ring is 1. The number of nitrogens with zero attached hydrogens (tertiary/aromatic N) is 1. The largest absolute Gasteiger partial charge is 0.397 e. The molecule has 17 heavy (non-hydrogen) atoms. The number of rotatable bonds is 4. The molecule has 6 nitrogen and oxygen atoms in total. The first kappa shape index (κ1) is 11.7. The molecule has 6 heteroatoms. The summed E-state index contributed by atoms with van der Waals surface area (Å²) >= 11 is 0. The minimum absolute atomic E-state index is 0.0112. The van der Waals surface area contributed by atoms with Gasteiger partial charge in [0.05, 0.1) is 29.6 Å². The topological polar surface area (TPSA) is 114 Å². The van der Waals surface area contributed by atoms with Crippen LogP contribution in [0.3, 0.4) is 0 Å². The number of nitrogens with two attached hydrogens (primary N) is 2. The fourth-order valence-corrected chi connectivity index (χ4v) is 1.95. The Morgan fingerprint density at radius 2 is 2.29 bits per heavy atom. The average Bonchev–Trinajstić information content (AvgIpc) is 2.25. The summed E-state index contributed by atoms with van der Waals surface area (Å²) in [5.41, 5.74) is 11.1. The van der Waals surface area contributed by atoms with Crippen molar-refractivity contribution in [2.24, 2.45) is 5.73 Å². The zero-order valence-corrected chi connectivity index (χ0v) is 9.44. The van der Waals surface area contributed by atoms with E-state index in [9.17, 15) is 9.90 Å². The van der Waals surface area contributed by atoms with Gasteiger partial charge < -0.3 is 21.9 Å². The van der Waals surface area contributed by atoms with E-state index in [0.717, 1.165) is 19.3 Å². The van der Waals surface area contributed by atoms with Crippen LogP contribution < -0.4 is 16.8 Å². The number of hydrogen-bond acceptors (Lipinski definition) is 5. The van der Waals surface area contributed by atoms with Gasteiger partial charge in [-0.05, 0) is 25.3 Å². The number of amides is 1. The Morgan fingerprint density at radius 3 is 2.76 bits per heavy atom. The maximum Gasteiger partial charge on any atom is 0.252 e. The molecule has 0 unspecified atom stereocenters. The number of aromatic nitrogens is 1. The van der Waals surface area contributed by atoms with Crippen LogP contribution in [0.4, 0.5) is 11.5 Å². The van der Waals surface area contributed by atoms with Gasteiger partial charge in [-0.25, -0.2) is 4.98 Å². The minimum atomic E-state index is -0.584. The molecule has 0 radical (unpaired) electrons. The van der Waals surface area contributed by atoms with E-state index in [2.05, 4.69) is 10.3 Å². The molecule has 1 saturated carbocycles. The third-order valence-corrected chi connectivity index (χ3v) is 3.17. The predicted molar refractivity (Wildman–Crippen MR) is 64.5 cm³/mol. The maximum atomic E-state index is 11.3. The van der Waals surface area contributed by atoms with E-state index in [4.69, 9.17) is 11.5 Å². The molecule has 0 spiro atoms. The molecule has 1 amide bonds. The monoisotopic (exact) mass is 236 g/mol. The Kier molecular flexibility index (Phi) is 2.89. The van der Waals surface area contributed by atoms with Crippen LogP contribution in [-0.2, 0) is 0 Å². The van der Waals surface area contributed by atoms with Crippen LogP contribution in [0.25, 0.3) is 0 Å². The third-order valence-electron chi connectivity index (χ3n) is 3.17. The zero-order chi connectivity index (χ0) is 12.5. The third kappa shape index (κ3) is 2.16. The van der Waals surface area contributed by atoms with Crippen LogP contribution in [0.1, 0.15) is 29.6 Å². The molecule has 92 valence electrons. The maximum absolute atomic E-state index is 11.3. The van der Waals surface area contributed by atoms with Crippen molar-refractivity contribution in [3.8, 4) is 0 Å². The fourth-order valence-electron chi connectivity index (χ4n) is 1.95. The highest BCUT2D eigenvalue weighted by Crippen LogP contribution is 2.35. The first-order chi connectivity index (χ1) is 8.06. The van der Waals surface area contributed by atoms with Gasteiger partial charge in [0.15, 0.2) is 0 Å². The second-order valence-corrected chi connectivity index (χ2v) is 4.45. The summed E-state index contributed by atoms with van der Waals surface area (Å²) < 4.78 is 0. The van der Waals surface area contributed by atoms with Crippen LogP contribution in [0.5, 0.6) is 0 Å². The number of hydrogen-bond donors (Lipinski definition) is 4. The van der Waals surface area contributed by atoms with Gasteiger partial charge in [0.1, 0.15) is 5.82 Å². The van der Waals surface area contributed by atoms with Crippen molar-refractivity contribution in [3.05, 3.63) is 17.8 Å². The number of nitrogens with one attached hydrogen (secondary N) is 1. The summed E-state index contributed by atoms with van der Waals surface area (Å²) in [5.74, 6) is -0.194. The molecule has 0 saturated heterocycles. The van der Waals surface area contributed by atoms with Gasteiger partial charge in [0, 0.05) is 0 Å². The fraction of sp³-hybridized carbons (Fsp3) is 0.455. The number of pyridine rings is 1. The van der Waals surface area contributed by atoms with Crippen molar-refractivity contribution in [2.75, 3.05) is 17.7 Å². The van der Waals surface area contributed by atoms with Crippen LogP contribution in [0.2, 0.25) is 0 Å². The lowest BCUT2D eigenvalue weighted by Crippen LogP contribution is -2.49. The Hall–Kier alpha value is -1.82. The van der Waals surface area contributed by atoms with E-state index in [0.29, 0.717) is 11.5 Å². The molecule has 1 aromatic rings. The average molecular weight is 236 g/mol. The second kappa shape index (κ2) is 4.21. The van der Waals surface area contributed by atoms with Gasteiger partial charge >= 0.3 is 0 Å². The van der Waals surface area contributed by atoms with Gasteiger partial charge in [-0.3, -0.25) is 4.79 Å². The van der Waals surface area contributed by atoms with Crippen molar-refractivity contribution in [3.63, 3.8) is 0 Å². The van der Waals surface area contributed by atoms with Gasteiger partial charge in [-0.1, -0.05) is 0 Å². The van der Waals surface area contributed by atoms with Gasteiger partial charge in [0.2, 0.25) is 0 Å². The SMILES string of the molecule is NC(=O)c1cc(N)cnc1NC1(CO)CCC1. The Balaban J connectivity index is 2.29. The molecule has 0 aliphatic heterocycles. The van der Waals surface area contributed by atoms with E-state index < -0.39 is 5.91 Å². The number of carbonyl (C=O) groups excluding carboxylic acids is 1. The highest BCUT2D eigenvalue weighted by atomic mass is 16.3. The second-order valence-electron chi connectivity index (χ2n) is 4.45. The summed E-state index contributed by atoms with van der Waals surface area (Å²) in [6.45, 7) is 0.0112. The van der Waals surface area contributed by atoms with Gasteiger partial charge in [0.25, 0.3) is 5.91 Å². The van der Waals surface area contributed by atoms with Gasteiger partial charge in [-0.2, -0.15) is 0 Å². The molecule has 0 bridgehead atoms. The van der Waals surface area contributed by atoms with Crippen molar-refractivity contribution < 1.29 is 9.90 Å². The number of anilines is 2. The van der Waals surface area contributed by atoms with Crippen LogP contribution in [0.15, 0.2) is 12.3 Å². The molecule has 1 fully saturated rings. The van der Waals surface area contributed by atoms with E-state index in [1.54, 1.807) is 0 Å². The van der Waals surface area contributed by atoms with Gasteiger partial charge in [-0.15, -0.1) is 0 Å². The first-order valence-electron chi connectivity index (χ1n) is 5.51. The molecule has 1 aromatic heterocycles. The first-order valence-corrected chi connectivity index (χ1v) is 5.51. The molecule has 1 aliphatic rings. The highest BCUT2D eigenvalue weighted by Gasteiger charge is 2.37. The van der Waals surface area contributed by atoms with E-state index >= 15 is 0 Å². The molecule has 0 atom stereocenters. The summed E-state index contributed by atoms with van der Waals surface area (Å²) in [6, 6.07) is 1.49. The summed E-state index contributed by atoms with van der Waals surface area (Å²) in [4.78, 5) is 15.3. The van der Waals surface area contributed by atoms with Crippen LogP contribution in [0, 0.1) is 0 Å². The van der Waals surface area contributed by atoms with Crippen LogP contribution >= 0.6 is 0 Å². The highest BCUT2D eigenvalue weighted by molar-refractivity contribution is 5.98. The minimum Gasteiger partial charge on any atom is -0.397 e. The Bertz CT molecular complexity index is 438. The number of carbonyl (C=O) groups is 1. The molecule has 1 aliphatic carbocycles. The molecule has 6 N–H and O–H groups in total. The lowest BCUT2D eigenvalue weighted by atomic mass is 9.77. The Morgan fingerprint density at radius 1 is 1.59 bits per heavy atom. The molecular formula is C11H16N4O2. The lowest BCUT2D eigenvalue weighted by Gasteiger charge is -2.41. The van der Waals surface area contributed by atoms with Crippen molar-refractivity contribution >= 4 is 17.4 Å². The molecule has 0 aromatic carbocycles. The normalized spacial score (nSPS) is 17.2. The van der Waals surface area contributed by atoms with E-state index in [-0.39, 0.29) is 17.7 Å². The zero-order valence-electron chi connectivity index (χ0n) is 9.44. The number of aliphatic hydroxyl groups is 1. The number of primary amides is 1. The predicted octanol–water partition coefficient (Wildman–Crippen LogP) is 0.0896. The van der Waals surface area contributed by atoms with Crippen molar-refractivity contribution in [1.82, 2.24) is 4.98 Å². The van der Waals surface area contributed by atoms with Crippen LogP contribution in [-0.4, -0.2) is 28.1 Å². The molecule has 2 rings (SSSR count). The standard InChI is InChI=1S/C11H16N4O2/c12-7-4-8(9(13)17)10(14-5-7)15-11(6-16)2-1-3-11/h4-5,16H,1-3,6,12H2,(H2,13,17)(H,14,15). The van der Waals surface area contributed by atoms with E-state index in [1.807, 2.05) is 0 Å². The lowest BCUT2D eigenvalue weighted by molar-refractivity contribution is 0.0999. The number of aliphatic hydroxyl groups excluding tert-OH is 1. The quantitative estimate of drug-likeness (QED) is 0.591. The molecule has 1 heterocycles. The molecular weight excluding hydrogens is 220 g/mol. The summed E-state index contributed by atoms with van der Waals surface area (Å²) in [7, 11) is 0. The Labute approximate surface area is 99.0 Å². The summed E-state index contributed by atoms with van der Waals surface area (Å²) in [5, 5.41) is 12.5. The smallest absolute Gasteiger partial charge is 0.252 e. The van der Waals surface area contributed by atoms with Crippen molar-refractivity contribution in [2.45, 2.75) is 24.8 Å². The van der Waals surface area contributed by atoms with Crippen molar-refractivity contribution in [1.29, 1.82) is 0 Å². The van der Waals surface area contributed by atoms with E-state index in [1.165, 1.54) is 12.3 Å². The summed E-state index contributed by atoms with van der Waals surface area (Å²) in [6.07, 6.45) is 4.22.